The molecule has 0 saturated heterocycles. The van der Waals surface area contributed by atoms with Gasteiger partial charge in [0.2, 0.25) is 17.6 Å². The van der Waals surface area contributed by atoms with Gasteiger partial charge >= 0.3 is 0 Å². The molecule has 1 unspecified atom stereocenters. The lowest BCUT2D eigenvalue weighted by Gasteiger charge is -2.11. The smallest absolute Gasteiger partial charge is 0.246 e. The topological polar surface area (TPSA) is 68.0 Å². The number of benzene rings is 2. The van der Waals surface area contributed by atoms with Gasteiger partial charge < -0.3 is 9.84 Å². The molecule has 2 aromatic carbocycles. The van der Waals surface area contributed by atoms with Gasteiger partial charge in [0.25, 0.3) is 0 Å². The van der Waals surface area contributed by atoms with Crippen LogP contribution in [0.5, 0.6) is 0 Å². The average Bonchev–Trinajstić information content (AvgIpc) is 3.10. The molecule has 5 nitrogen and oxygen atoms in total. The number of rotatable bonds is 6. The van der Waals surface area contributed by atoms with Gasteiger partial charge in [-0.1, -0.05) is 46.6 Å². The fourth-order valence-electron chi connectivity index (χ4n) is 2.26. The van der Waals surface area contributed by atoms with Crippen molar-refractivity contribution < 1.29 is 9.32 Å². The van der Waals surface area contributed by atoms with Crippen molar-refractivity contribution in [1.29, 1.82) is 0 Å². The molecule has 3 aromatic rings. The van der Waals surface area contributed by atoms with Crippen molar-refractivity contribution in [2.45, 2.75) is 30.5 Å². The second-order valence-corrected chi connectivity index (χ2v) is 7.60. The molecule has 0 fully saturated rings. The molecule has 0 radical (unpaired) electrons. The fraction of sp³-hybridized carbons (Fsp3) is 0.211. The van der Waals surface area contributed by atoms with E-state index in [1.807, 2.05) is 56.3 Å². The maximum atomic E-state index is 12.3. The Balaban J connectivity index is 1.56. The maximum Gasteiger partial charge on any atom is 0.246 e. The van der Waals surface area contributed by atoms with E-state index in [2.05, 4.69) is 15.5 Å². The number of carbonyl (C=O) groups excluding carboxylic acids is 1. The Kier molecular flexibility index (Phi) is 5.96. The van der Waals surface area contributed by atoms with Crippen molar-refractivity contribution >= 4 is 29.3 Å². The standard InChI is InChI=1S/C19H18ClN3O2S/c1-12-7-9-14(10-8-12)26-13(2)19(24)21-11-17-22-18(23-25-17)15-5-3-4-6-16(15)20/h3-10,13H,11H2,1-2H3,(H,21,24). The second kappa shape index (κ2) is 8.38. The summed E-state index contributed by atoms with van der Waals surface area (Å²) in [4.78, 5) is 17.6. The van der Waals surface area contributed by atoms with Crippen LogP contribution in [0.1, 0.15) is 18.4 Å². The Bertz CT molecular complexity index is 896. The van der Waals surface area contributed by atoms with Crippen LogP contribution in [0.25, 0.3) is 11.4 Å². The molecule has 3 rings (SSSR count). The summed E-state index contributed by atoms with van der Waals surface area (Å²) in [5.74, 6) is 0.649. The summed E-state index contributed by atoms with van der Waals surface area (Å²) in [7, 11) is 0. The van der Waals surface area contributed by atoms with Gasteiger partial charge in [0.05, 0.1) is 16.8 Å². The van der Waals surface area contributed by atoms with Crippen molar-refractivity contribution in [3.05, 3.63) is 65.0 Å². The quantitative estimate of drug-likeness (QED) is 0.631. The fourth-order valence-corrected chi connectivity index (χ4v) is 3.37. The number of aromatic nitrogens is 2. The highest BCUT2D eigenvalue weighted by Gasteiger charge is 2.16. The largest absolute Gasteiger partial charge is 0.346 e. The summed E-state index contributed by atoms with van der Waals surface area (Å²) in [5.41, 5.74) is 1.89. The molecule has 0 saturated carbocycles. The zero-order chi connectivity index (χ0) is 18.5. The molecule has 7 heteroatoms. The number of carbonyl (C=O) groups is 1. The molecule has 26 heavy (non-hydrogen) atoms. The van der Waals surface area contributed by atoms with Gasteiger partial charge in [0.1, 0.15) is 0 Å². The Labute approximate surface area is 161 Å². The van der Waals surface area contributed by atoms with Gasteiger partial charge in [-0.15, -0.1) is 11.8 Å². The Morgan fingerprint density at radius 3 is 2.69 bits per heavy atom. The Morgan fingerprint density at radius 1 is 1.23 bits per heavy atom. The van der Waals surface area contributed by atoms with E-state index in [-0.39, 0.29) is 17.7 Å². The minimum absolute atomic E-state index is 0.0898. The Hall–Kier alpha value is -2.31. The SMILES string of the molecule is Cc1ccc(SC(C)C(=O)NCc2nc(-c3ccccc3Cl)no2)cc1. The third-order valence-electron chi connectivity index (χ3n) is 3.70. The van der Waals surface area contributed by atoms with E-state index >= 15 is 0 Å². The Morgan fingerprint density at radius 2 is 1.96 bits per heavy atom. The third-order valence-corrected chi connectivity index (χ3v) is 5.14. The number of nitrogens with zero attached hydrogens (tertiary/aromatic N) is 2. The molecule has 0 spiro atoms. The summed E-state index contributed by atoms with van der Waals surface area (Å²) in [5, 5.41) is 7.06. The molecule has 1 amide bonds. The van der Waals surface area contributed by atoms with Crippen LogP contribution in [-0.4, -0.2) is 21.3 Å². The lowest BCUT2D eigenvalue weighted by Crippen LogP contribution is -2.30. The monoisotopic (exact) mass is 387 g/mol. The van der Waals surface area contributed by atoms with Crippen molar-refractivity contribution in [3.63, 3.8) is 0 Å². The third kappa shape index (κ3) is 4.65. The molecule has 1 atom stereocenters. The summed E-state index contributed by atoms with van der Waals surface area (Å²) in [6.07, 6.45) is 0. The lowest BCUT2D eigenvalue weighted by atomic mass is 10.2. The summed E-state index contributed by atoms with van der Waals surface area (Å²) in [6, 6.07) is 15.3. The molecule has 0 aliphatic rings. The van der Waals surface area contributed by atoms with Crippen LogP contribution in [0.4, 0.5) is 0 Å². The molecule has 0 bridgehead atoms. The minimum atomic E-state index is -0.233. The zero-order valence-corrected chi connectivity index (χ0v) is 16.0. The number of halogens is 1. The van der Waals surface area contributed by atoms with Gasteiger partial charge in [0.15, 0.2) is 0 Å². The zero-order valence-electron chi connectivity index (χ0n) is 14.4. The van der Waals surface area contributed by atoms with Crippen LogP contribution in [-0.2, 0) is 11.3 Å². The van der Waals surface area contributed by atoms with Gasteiger partial charge in [0, 0.05) is 10.5 Å². The van der Waals surface area contributed by atoms with E-state index in [1.54, 1.807) is 6.07 Å². The predicted molar refractivity (Wildman–Crippen MR) is 103 cm³/mol. The van der Waals surface area contributed by atoms with Crippen molar-refractivity contribution in [2.75, 3.05) is 0 Å². The molecular weight excluding hydrogens is 370 g/mol. The van der Waals surface area contributed by atoms with Crippen LogP contribution >= 0.6 is 23.4 Å². The van der Waals surface area contributed by atoms with Crippen molar-refractivity contribution in [3.8, 4) is 11.4 Å². The van der Waals surface area contributed by atoms with E-state index in [1.165, 1.54) is 17.3 Å². The minimum Gasteiger partial charge on any atom is -0.346 e. The summed E-state index contributed by atoms with van der Waals surface area (Å²) >= 11 is 7.63. The van der Waals surface area contributed by atoms with Crippen LogP contribution in [0.3, 0.4) is 0 Å². The van der Waals surface area contributed by atoms with E-state index < -0.39 is 0 Å². The number of aryl methyl sites for hydroxylation is 1. The first-order valence-electron chi connectivity index (χ1n) is 8.11. The highest BCUT2D eigenvalue weighted by Crippen LogP contribution is 2.25. The molecule has 1 heterocycles. The molecule has 0 aliphatic heterocycles. The highest BCUT2D eigenvalue weighted by atomic mass is 35.5. The number of hydrogen-bond acceptors (Lipinski definition) is 5. The van der Waals surface area contributed by atoms with Crippen LogP contribution < -0.4 is 5.32 Å². The van der Waals surface area contributed by atoms with E-state index in [0.29, 0.717) is 22.3 Å². The predicted octanol–water partition coefficient (Wildman–Crippen LogP) is 4.50. The molecule has 134 valence electrons. The first kappa shape index (κ1) is 18.5. The number of thioether (sulfide) groups is 1. The van der Waals surface area contributed by atoms with Gasteiger partial charge in [-0.05, 0) is 38.1 Å². The molecule has 1 N–H and O–H groups in total. The van der Waals surface area contributed by atoms with Crippen LogP contribution in [0.15, 0.2) is 57.9 Å². The summed E-state index contributed by atoms with van der Waals surface area (Å²) in [6.45, 7) is 4.07. The normalized spacial score (nSPS) is 12.0. The second-order valence-electron chi connectivity index (χ2n) is 5.78. The summed E-state index contributed by atoms with van der Waals surface area (Å²) < 4.78 is 5.19. The van der Waals surface area contributed by atoms with E-state index in [9.17, 15) is 4.79 Å². The molecule has 1 aromatic heterocycles. The van der Waals surface area contributed by atoms with Crippen molar-refractivity contribution in [1.82, 2.24) is 15.5 Å². The lowest BCUT2D eigenvalue weighted by molar-refractivity contribution is -0.120. The molecule has 0 aliphatic carbocycles. The number of hydrogen-bond donors (Lipinski definition) is 1. The first-order chi connectivity index (χ1) is 12.5. The van der Waals surface area contributed by atoms with Crippen molar-refractivity contribution in [2.24, 2.45) is 0 Å². The first-order valence-corrected chi connectivity index (χ1v) is 9.37. The van der Waals surface area contributed by atoms with Gasteiger partial charge in [-0.2, -0.15) is 4.98 Å². The van der Waals surface area contributed by atoms with Gasteiger partial charge in [-0.3, -0.25) is 4.79 Å². The average molecular weight is 388 g/mol. The van der Waals surface area contributed by atoms with Crippen LogP contribution in [0, 0.1) is 6.92 Å². The maximum absolute atomic E-state index is 12.3. The number of amides is 1. The van der Waals surface area contributed by atoms with E-state index in [0.717, 1.165) is 4.90 Å². The highest BCUT2D eigenvalue weighted by molar-refractivity contribution is 8.00. The van der Waals surface area contributed by atoms with Crippen LogP contribution in [0.2, 0.25) is 5.02 Å². The molecular formula is C19H18ClN3O2S. The van der Waals surface area contributed by atoms with Gasteiger partial charge in [-0.25, -0.2) is 0 Å². The van der Waals surface area contributed by atoms with E-state index in [4.69, 9.17) is 16.1 Å². The number of nitrogens with one attached hydrogen (secondary N) is 1.